The van der Waals surface area contributed by atoms with E-state index in [0.717, 1.165) is 13.1 Å². The fourth-order valence-corrected chi connectivity index (χ4v) is 1.82. The molecule has 2 aromatic rings. The second-order valence-electron chi connectivity index (χ2n) is 4.72. The lowest BCUT2D eigenvalue weighted by Gasteiger charge is -2.17. The summed E-state index contributed by atoms with van der Waals surface area (Å²) in [5.74, 6) is 1.00. The fraction of sp³-hybridized carbons (Fsp3) is 0.455. The molecule has 9 heteroatoms. The Morgan fingerprint density at radius 1 is 0.900 bits per heavy atom. The summed E-state index contributed by atoms with van der Waals surface area (Å²) in [7, 11) is 2.01. The number of hydrogen-bond acceptors (Lipinski definition) is 7. The van der Waals surface area contributed by atoms with Crippen LogP contribution in [0.2, 0.25) is 0 Å². The highest BCUT2D eigenvalue weighted by molar-refractivity contribution is 5.57. The molecule has 0 unspecified atom stereocenters. The van der Waals surface area contributed by atoms with Crippen molar-refractivity contribution in [3.05, 3.63) is 12.4 Å². The van der Waals surface area contributed by atoms with Crippen molar-refractivity contribution >= 4 is 23.0 Å². The molecule has 0 atom stereocenters. The van der Waals surface area contributed by atoms with Crippen molar-refractivity contribution in [1.29, 1.82) is 0 Å². The molecule has 0 amide bonds. The highest BCUT2D eigenvalue weighted by atomic mass is 15.3. The number of nitrogens with zero attached hydrogens (tertiary/aromatic N) is 5. The van der Waals surface area contributed by atoms with Crippen LogP contribution >= 0.6 is 0 Å². The molecule has 2 heterocycles. The van der Waals surface area contributed by atoms with E-state index in [2.05, 4.69) is 15.1 Å². The van der Waals surface area contributed by atoms with Gasteiger partial charge in [-0.1, -0.05) is 0 Å². The van der Waals surface area contributed by atoms with E-state index in [4.69, 9.17) is 22.9 Å². The van der Waals surface area contributed by atoms with Gasteiger partial charge in [0.2, 0.25) is 0 Å². The van der Waals surface area contributed by atoms with Crippen LogP contribution in [0.4, 0.5) is 23.0 Å². The van der Waals surface area contributed by atoms with Crippen molar-refractivity contribution in [2.45, 2.75) is 13.1 Å². The van der Waals surface area contributed by atoms with Gasteiger partial charge in [-0.15, -0.1) is 0 Å². The van der Waals surface area contributed by atoms with Gasteiger partial charge in [0.1, 0.15) is 11.6 Å². The molecular formula is C11H21N9. The van der Waals surface area contributed by atoms with Gasteiger partial charge in [0.25, 0.3) is 0 Å². The molecular weight excluding hydrogens is 258 g/mol. The van der Waals surface area contributed by atoms with Crippen LogP contribution in [0.25, 0.3) is 0 Å². The van der Waals surface area contributed by atoms with Crippen LogP contribution in [0.5, 0.6) is 0 Å². The molecule has 0 bridgehead atoms. The van der Waals surface area contributed by atoms with E-state index >= 15 is 0 Å². The van der Waals surface area contributed by atoms with E-state index in [-0.39, 0.29) is 0 Å². The summed E-state index contributed by atoms with van der Waals surface area (Å²) in [6.07, 6.45) is 3.12. The Morgan fingerprint density at radius 2 is 1.30 bits per heavy atom. The van der Waals surface area contributed by atoms with Crippen LogP contribution < -0.4 is 22.9 Å². The predicted molar refractivity (Wildman–Crippen MR) is 79.6 cm³/mol. The number of hydrogen-bond donors (Lipinski definition) is 4. The Balaban J connectivity index is 1.80. The predicted octanol–water partition coefficient (Wildman–Crippen LogP) is -0.960. The third kappa shape index (κ3) is 2.94. The van der Waals surface area contributed by atoms with Gasteiger partial charge in [-0.05, 0) is 7.05 Å². The Labute approximate surface area is 117 Å². The molecule has 0 spiro atoms. The Bertz CT molecular complexity index is 520. The zero-order valence-corrected chi connectivity index (χ0v) is 11.5. The first-order valence-electron chi connectivity index (χ1n) is 6.31. The molecule has 9 nitrogen and oxygen atoms in total. The van der Waals surface area contributed by atoms with Crippen molar-refractivity contribution in [2.75, 3.05) is 43.1 Å². The van der Waals surface area contributed by atoms with Gasteiger partial charge in [-0.3, -0.25) is 0 Å². The van der Waals surface area contributed by atoms with E-state index in [1.165, 1.54) is 0 Å². The molecule has 0 saturated heterocycles. The van der Waals surface area contributed by atoms with Gasteiger partial charge in [-0.2, -0.15) is 10.2 Å². The third-order valence-electron chi connectivity index (χ3n) is 3.21. The number of nitrogens with two attached hydrogens (primary N) is 4. The molecule has 0 fully saturated rings. The highest BCUT2D eigenvalue weighted by Gasteiger charge is 2.07. The topological polar surface area (TPSA) is 143 Å². The second kappa shape index (κ2) is 5.70. The molecule has 2 aromatic heterocycles. The van der Waals surface area contributed by atoms with E-state index in [9.17, 15) is 0 Å². The van der Waals surface area contributed by atoms with Crippen LogP contribution in [0, 0.1) is 0 Å². The summed E-state index contributed by atoms with van der Waals surface area (Å²) in [6, 6.07) is 0. The van der Waals surface area contributed by atoms with Crippen LogP contribution in [0.15, 0.2) is 12.4 Å². The standard InChI is InChI=1S/C11H21N9/c1-18(2-4-19-10(14)8(12)6-16-19)3-5-20-11(15)9(13)7-17-20/h6-7H,2-5,12-15H2,1H3. The SMILES string of the molecule is CN(CCn1ncc(N)c1N)CCn1ncc(N)c1N. The Morgan fingerprint density at radius 3 is 1.60 bits per heavy atom. The normalized spacial score (nSPS) is 11.3. The van der Waals surface area contributed by atoms with Crippen LogP contribution in [0.3, 0.4) is 0 Å². The molecule has 110 valence electrons. The van der Waals surface area contributed by atoms with Gasteiger partial charge in [0.05, 0.1) is 36.9 Å². The van der Waals surface area contributed by atoms with Gasteiger partial charge in [-0.25, -0.2) is 9.36 Å². The molecule has 0 saturated carbocycles. The average Bonchev–Trinajstić information content (AvgIpc) is 2.91. The van der Waals surface area contributed by atoms with Crippen molar-refractivity contribution < 1.29 is 0 Å². The summed E-state index contributed by atoms with van der Waals surface area (Å²) in [5, 5.41) is 8.22. The van der Waals surface area contributed by atoms with E-state index in [0.29, 0.717) is 36.1 Å². The molecule has 0 aromatic carbocycles. The second-order valence-corrected chi connectivity index (χ2v) is 4.72. The summed E-state index contributed by atoms with van der Waals surface area (Å²) < 4.78 is 3.37. The van der Waals surface area contributed by atoms with E-state index in [1.54, 1.807) is 21.8 Å². The monoisotopic (exact) mass is 279 g/mol. The summed E-state index contributed by atoms with van der Waals surface area (Å²) in [6.45, 7) is 2.94. The number of likely N-dealkylation sites (N-methyl/N-ethyl adjacent to an activating group) is 1. The third-order valence-corrected chi connectivity index (χ3v) is 3.21. The lowest BCUT2D eigenvalue weighted by molar-refractivity contribution is 0.296. The zero-order chi connectivity index (χ0) is 14.7. The molecule has 8 N–H and O–H groups in total. The lowest BCUT2D eigenvalue weighted by atomic mass is 10.4. The minimum absolute atomic E-state index is 0.502. The Hall–Kier alpha value is -2.42. The average molecular weight is 279 g/mol. The van der Waals surface area contributed by atoms with Gasteiger partial charge < -0.3 is 27.8 Å². The molecule has 20 heavy (non-hydrogen) atoms. The molecule has 0 aliphatic rings. The maximum Gasteiger partial charge on any atom is 0.145 e. The van der Waals surface area contributed by atoms with Crippen molar-refractivity contribution in [2.24, 2.45) is 0 Å². The number of nitrogen functional groups attached to an aromatic ring is 4. The number of rotatable bonds is 6. The van der Waals surface area contributed by atoms with Crippen molar-refractivity contribution in [3.8, 4) is 0 Å². The largest absolute Gasteiger partial charge is 0.394 e. The van der Waals surface area contributed by atoms with Crippen molar-refractivity contribution in [1.82, 2.24) is 24.5 Å². The molecule has 0 aliphatic carbocycles. The van der Waals surface area contributed by atoms with Crippen LogP contribution in [-0.2, 0) is 13.1 Å². The fourth-order valence-electron chi connectivity index (χ4n) is 1.82. The first kappa shape index (κ1) is 14.0. The smallest absolute Gasteiger partial charge is 0.145 e. The van der Waals surface area contributed by atoms with Gasteiger partial charge in [0.15, 0.2) is 0 Å². The first-order chi connectivity index (χ1) is 9.49. The summed E-state index contributed by atoms with van der Waals surface area (Å²) in [4.78, 5) is 2.13. The first-order valence-corrected chi connectivity index (χ1v) is 6.31. The lowest BCUT2D eigenvalue weighted by Crippen LogP contribution is -2.28. The van der Waals surface area contributed by atoms with Crippen LogP contribution in [0.1, 0.15) is 0 Å². The van der Waals surface area contributed by atoms with Gasteiger partial charge >= 0.3 is 0 Å². The quantitative estimate of drug-likeness (QED) is 0.533. The molecule has 2 rings (SSSR count). The van der Waals surface area contributed by atoms with E-state index < -0.39 is 0 Å². The zero-order valence-electron chi connectivity index (χ0n) is 11.5. The maximum absolute atomic E-state index is 5.79. The van der Waals surface area contributed by atoms with E-state index in [1.807, 2.05) is 7.05 Å². The minimum Gasteiger partial charge on any atom is -0.394 e. The highest BCUT2D eigenvalue weighted by Crippen LogP contribution is 2.13. The molecule has 0 radical (unpaired) electrons. The van der Waals surface area contributed by atoms with Crippen LogP contribution in [-0.4, -0.2) is 44.6 Å². The Kier molecular flexibility index (Phi) is 3.99. The minimum atomic E-state index is 0.502. The van der Waals surface area contributed by atoms with Crippen molar-refractivity contribution in [3.63, 3.8) is 0 Å². The number of anilines is 4. The van der Waals surface area contributed by atoms with Gasteiger partial charge in [0, 0.05) is 13.1 Å². The maximum atomic E-state index is 5.79. The summed E-state index contributed by atoms with van der Waals surface area (Å²) in [5.41, 5.74) is 23.9. The number of aromatic nitrogens is 4. The summed E-state index contributed by atoms with van der Waals surface area (Å²) >= 11 is 0. The molecule has 0 aliphatic heterocycles.